The van der Waals surface area contributed by atoms with E-state index in [1.165, 1.54) is 18.5 Å². The number of nitrogens with one attached hydrogen (secondary N) is 2. The summed E-state index contributed by atoms with van der Waals surface area (Å²) in [6.07, 6.45) is 2.96. The van der Waals surface area contributed by atoms with Gasteiger partial charge in [-0.3, -0.25) is 19.0 Å². The van der Waals surface area contributed by atoms with Gasteiger partial charge in [0.1, 0.15) is 5.69 Å². The Morgan fingerprint density at radius 2 is 1.66 bits per heavy atom. The van der Waals surface area contributed by atoms with Crippen molar-refractivity contribution in [2.24, 2.45) is 14.1 Å². The van der Waals surface area contributed by atoms with Crippen LogP contribution in [0.15, 0.2) is 40.1 Å². The number of hydrogen-bond donors (Lipinski definition) is 2. The van der Waals surface area contributed by atoms with Gasteiger partial charge in [0, 0.05) is 57.6 Å². The lowest BCUT2D eigenvalue weighted by Gasteiger charge is -2.33. The fourth-order valence-corrected chi connectivity index (χ4v) is 3.45. The van der Waals surface area contributed by atoms with Gasteiger partial charge in [0.15, 0.2) is 0 Å². The number of piperidine rings is 1. The van der Waals surface area contributed by atoms with Crippen molar-refractivity contribution >= 4 is 23.2 Å². The summed E-state index contributed by atoms with van der Waals surface area (Å²) in [5, 5.41) is 5.69. The van der Waals surface area contributed by atoms with Gasteiger partial charge in [-0.25, -0.2) is 4.79 Å². The van der Waals surface area contributed by atoms with E-state index in [1.54, 1.807) is 37.5 Å². The minimum Gasteiger partial charge on any atom is -0.366 e. The van der Waals surface area contributed by atoms with Crippen molar-refractivity contribution in [2.45, 2.75) is 25.8 Å². The van der Waals surface area contributed by atoms with E-state index in [9.17, 15) is 19.2 Å². The maximum atomic E-state index is 12.5. The maximum Gasteiger partial charge on any atom is 0.330 e. The summed E-state index contributed by atoms with van der Waals surface area (Å²) in [6.45, 7) is 2.65. The van der Waals surface area contributed by atoms with E-state index in [0.717, 1.165) is 4.57 Å². The zero-order chi connectivity index (χ0) is 21.1. The smallest absolute Gasteiger partial charge is 0.330 e. The van der Waals surface area contributed by atoms with Crippen molar-refractivity contribution in [1.82, 2.24) is 14.5 Å². The molecule has 0 bridgehead atoms. The molecule has 2 N–H and O–H groups in total. The topological polar surface area (TPSA) is 105 Å². The van der Waals surface area contributed by atoms with Gasteiger partial charge in [0.25, 0.3) is 11.5 Å². The van der Waals surface area contributed by atoms with Crippen molar-refractivity contribution < 1.29 is 9.59 Å². The molecule has 2 aromatic rings. The Bertz CT molecular complexity index is 1030. The van der Waals surface area contributed by atoms with Gasteiger partial charge >= 0.3 is 5.69 Å². The van der Waals surface area contributed by atoms with Gasteiger partial charge in [0.05, 0.1) is 0 Å². The Labute approximate surface area is 167 Å². The highest BCUT2D eigenvalue weighted by molar-refractivity contribution is 5.95. The number of rotatable bonds is 4. The first-order chi connectivity index (χ1) is 13.8. The average molecular weight is 399 g/mol. The first-order valence-electron chi connectivity index (χ1n) is 9.46. The molecule has 1 fully saturated rings. The van der Waals surface area contributed by atoms with E-state index in [2.05, 4.69) is 10.6 Å². The van der Waals surface area contributed by atoms with E-state index in [4.69, 9.17) is 0 Å². The predicted octanol–water partition coefficient (Wildman–Crippen LogP) is 0.441. The summed E-state index contributed by atoms with van der Waals surface area (Å²) in [4.78, 5) is 49.7. The Kier molecular flexibility index (Phi) is 5.86. The minimum atomic E-state index is -0.356. The molecule has 0 unspecified atom stereocenters. The van der Waals surface area contributed by atoms with Crippen LogP contribution in [0.2, 0.25) is 0 Å². The number of amides is 2. The highest BCUT2D eigenvalue weighted by atomic mass is 16.2. The van der Waals surface area contributed by atoms with E-state index in [1.807, 2.05) is 4.90 Å². The molecule has 3 rings (SSSR count). The standard InChI is InChI=1S/C20H25N5O4/c1-13(26)21-15-6-4-14(5-7-15)18(27)22-16-8-10-25(11-9-16)17-12-23(2)20(29)24(3)19(17)28/h4-7,12,16H,8-11H2,1-3H3,(H,21,26)(H,22,27). The Morgan fingerprint density at radius 3 is 2.24 bits per heavy atom. The summed E-state index contributed by atoms with van der Waals surface area (Å²) in [5.74, 6) is -0.335. The number of aryl methyl sites for hydroxylation is 1. The van der Waals surface area contributed by atoms with Crippen LogP contribution >= 0.6 is 0 Å². The molecule has 29 heavy (non-hydrogen) atoms. The monoisotopic (exact) mass is 399 g/mol. The second kappa shape index (κ2) is 8.34. The van der Waals surface area contributed by atoms with Crippen molar-refractivity contribution in [3.8, 4) is 0 Å². The van der Waals surface area contributed by atoms with Crippen LogP contribution < -0.4 is 26.8 Å². The van der Waals surface area contributed by atoms with Gasteiger partial charge in [-0.1, -0.05) is 0 Å². The molecule has 1 aromatic carbocycles. The molecule has 2 amide bonds. The molecule has 2 heterocycles. The molecule has 1 aliphatic rings. The Hall–Kier alpha value is -3.36. The van der Waals surface area contributed by atoms with Crippen LogP contribution in [0.3, 0.4) is 0 Å². The average Bonchev–Trinajstić information content (AvgIpc) is 2.70. The van der Waals surface area contributed by atoms with E-state index in [0.29, 0.717) is 42.9 Å². The third-order valence-corrected chi connectivity index (χ3v) is 5.07. The highest BCUT2D eigenvalue weighted by Gasteiger charge is 2.23. The Balaban J connectivity index is 1.60. The molecule has 0 radical (unpaired) electrons. The van der Waals surface area contributed by atoms with Gasteiger partial charge in [0.2, 0.25) is 5.91 Å². The third-order valence-electron chi connectivity index (χ3n) is 5.07. The molecule has 0 atom stereocenters. The lowest BCUT2D eigenvalue weighted by molar-refractivity contribution is -0.114. The van der Waals surface area contributed by atoms with E-state index < -0.39 is 0 Å². The maximum absolute atomic E-state index is 12.5. The summed E-state index contributed by atoms with van der Waals surface area (Å²) in [7, 11) is 3.09. The number of benzene rings is 1. The molecule has 1 aromatic heterocycles. The molecule has 0 saturated carbocycles. The van der Waals surface area contributed by atoms with Crippen LogP contribution in [0, 0.1) is 0 Å². The molecule has 1 saturated heterocycles. The summed E-state index contributed by atoms with van der Waals surface area (Å²) >= 11 is 0. The van der Waals surface area contributed by atoms with E-state index >= 15 is 0 Å². The quantitative estimate of drug-likeness (QED) is 0.776. The van der Waals surface area contributed by atoms with Crippen LogP contribution in [0.1, 0.15) is 30.1 Å². The van der Waals surface area contributed by atoms with E-state index in [-0.39, 0.29) is 29.1 Å². The number of hydrogen-bond acceptors (Lipinski definition) is 5. The van der Waals surface area contributed by atoms with Crippen molar-refractivity contribution in [2.75, 3.05) is 23.3 Å². The van der Waals surface area contributed by atoms with Gasteiger partial charge in [-0.2, -0.15) is 0 Å². The van der Waals surface area contributed by atoms with Crippen molar-refractivity contribution in [1.29, 1.82) is 0 Å². The number of aromatic nitrogens is 2. The molecular formula is C20H25N5O4. The second-order valence-corrected chi connectivity index (χ2v) is 7.27. The fourth-order valence-electron chi connectivity index (χ4n) is 3.45. The molecule has 9 heteroatoms. The van der Waals surface area contributed by atoms with Crippen LogP contribution in [0.25, 0.3) is 0 Å². The SMILES string of the molecule is CC(=O)Nc1ccc(C(=O)NC2CCN(c3cn(C)c(=O)n(C)c3=O)CC2)cc1. The van der Waals surface area contributed by atoms with Crippen molar-refractivity contribution in [3.63, 3.8) is 0 Å². The van der Waals surface area contributed by atoms with Crippen LogP contribution in [0.4, 0.5) is 11.4 Å². The second-order valence-electron chi connectivity index (χ2n) is 7.27. The number of anilines is 2. The molecule has 1 aliphatic heterocycles. The molecule has 154 valence electrons. The predicted molar refractivity (Wildman–Crippen MR) is 110 cm³/mol. The van der Waals surface area contributed by atoms with Gasteiger partial charge in [-0.15, -0.1) is 0 Å². The largest absolute Gasteiger partial charge is 0.366 e. The minimum absolute atomic E-state index is 0.00477. The lowest BCUT2D eigenvalue weighted by atomic mass is 10.0. The first kappa shape index (κ1) is 20.4. The number of carbonyl (C=O) groups is 2. The molecule has 0 spiro atoms. The summed E-state index contributed by atoms with van der Waals surface area (Å²) in [5.41, 5.74) is 0.989. The zero-order valence-corrected chi connectivity index (χ0v) is 16.8. The van der Waals surface area contributed by atoms with Crippen LogP contribution in [-0.4, -0.2) is 40.1 Å². The van der Waals surface area contributed by atoms with Gasteiger partial charge in [-0.05, 0) is 37.1 Å². The Morgan fingerprint density at radius 1 is 1.03 bits per heavy atom. The van der Waals surface area contributed by atoms with Crippen LogP contribution in [-0.2, 0) is 18.9 Å². The first-order valence-corrected chi connectivity index (χ1v) is 9.46. The number of carbonyl (C=O) groups excluding carboxylic acids is 2. The fraction of sp³-hybridized carbons (Fsp3) is 0.400. The molecular weight excluding hydrogens is 374 g/mol. The summed E-state index contributed by atoms with van der Waals surface area (Å²) < 4.78 is 2.50. The highest BCUT2D eigenvalue weighted by Crippen LogP contribution is 2.17. The molecule has 9 nitrogen and oxygen atoms in total. The lowest BCUT2D eigenvalue weighted by Crippen LogP contribution is -2.47. The summed E-state index contributed by atoms with van der Waals surface area (Å²) in [6, 6.07) is 6.72. The number of nitrogens with zero attached hydrogens (tertiary/aromatic N) is 3. The van der Waals surface area contributed by atoms with Crippen LogP contribution in [0.5, 0.6) is 0 Å². The third kappa shape index (κ3) is 4.56. The molecule has 0 aliphatic carbocycles. The van der Waals surface area contributed by atoms with Crippen molar-refractivity contribution in [3.05, 3.63) is 56.9 Å². The zero-order valence-electron chi connectivity index (χ0n) is 16.8. The van der Waals surface area contributed by atoms with Gasteiger partial charge < -0.3 is 20.1 Å². The normalized spacial score (nSPS) is 14.5.